The van der Waals surface area contributed by atoms with Crippen LogP contribution in [-0.2, 0) is 0 Å². The fourth-order valence-electron chi connectivity index (χ4n) is 7.59. The minimum Gasteiger partial charge on any atom is -0.308 e. The van der Waals surface area contributed by atoms with Crippen molar-refractivity contribution < 1.29 is 0 Å². The molecule has 0 amide bonds. The van der Waals surface area contributed by atoms with Crippen molar-refractivity contribution in [2.75, 3.05) is 0 Å². The SMILES string of the molecule is C=Cc1c(/C=C\C)c2c(c3c4ccccc4n(-c4ccccc4)c3c3c4ccccc4n(-c4ccccc4)c23)n1-c1ccccc1. The number of hydrogen-bond donors (Lipinski definition) is 0. The summed E-state index contributed by atoms with van der Waals surface area (Å²) < 4.78 is 7.36. The molecule has 9 rings (SSSR count). The first-order valence-corrected chi connectivity index (χ1v) is 15.8. The number of para-hydroxylation sites is 5. The van der Waals surface area contributed by atoms with Gasteiger partial charge in [-0.25, -0.2) is 0 Å². The summed E-state index contributed by atoms with van der Waals surface area (Å²) in [7, 11) is 0. The van der Waals surface area contributed by atoms with E-state index in [2.05, 4.69) is 179 Å². The second-order valence-corrected chi connectivity index (χ2v) is 11.7. The fraction of sp³-hybridized carbons (Fsp3) is 0.0233. The van der Waals surface area contributed by atoms with Gasteiger partial charge in [-0.3, -0.25) is 0 Å². The van der Waals surface area contributed by atoms with Crippen LogP contribution in [0.2, 0.25) is 0 Å². The minimum absolute atomic E-state index is 1.08. The van der Waals surface area contributed by atoms with Gasteiger partial charge in [-0.1, -0.05) is 110 Å². The molecule has 46 heavy (non-hydrogen) atoms. The lowest BCUT2D eigenvalue weighted by atomic mass is 10.0. The van der Waals surface area contributed by atoms with Gasteiger partial charge in [0.25, 0.3) is 0 Å². The number of hydrogen-bond acceptors (Lipinski definition) is 0. The zero-order chi connectivity index (χ0) is 30.8. The molecule has 0 bridgehead atoms. The molecule has 0 unspecified atom stereocenters. The van der Waals surface area contributed by atoms with Crippen molar-refractivity contribution in [2.24, 2.45) is 0 Å². The van der Waals surface area contributed by atoms with Crippen LogP contribution in [0.4, 0.5) is 0 Å². The predicted octanol–water partition coefficient (Wildman–Crippen LogP) is 11.5. The number of allylic oxidation sites excluding steroid dienone is 1. The molecule has 9 aromatic rings. The highest BCUT2D eigenvalue weighted by molar-refractivity contribution is 6.37. The third-order valence-electron chi connectivity index (χ3n) is 9.28. The normalized spacial score (nSPS) is 12.0. The van der Waals surface area contributed by atoms with Crippen LogP contribution in [0.5, 0.6) is 0 Å². The van der Waals surface area contributed by atoms with E-state index in [-0.39, 0.29) is 0 Å². The molecule has 218 valence electrons. The summed E-state index contributed by atoms with van der Waals surface area (Å²) in [6.07, 6.45) is 6.43. The van der Waals surface area contributed by atoms with E-state index in [4.69, 9.17) is 0 Å². The zero-order valence-corrected chi connectivity index (χ0v) is 25.6. The van der Waals surface area contributed by atoms with Crippen molar-refractivity contribution >= 4 is 66.7 Å². The van der Waals surface area contributed by atoms with E-state index in [0.29, 0.717) is 0 Å². The first-order chi connectivity index (χ1) is 22.8. The van der Waals surface area contributed by atoms with E-state index in [1.807, 2.05) is 6.08 Å². The monoisotopic (exact) mass is 589 g/mol. The van der Waals surface area contributed by atoms with Gasteiger partial charge in [0, 0.05) is 49.6 Å². The molecule has 3 aromatic heterocycles. The first-order valence-electron chi connectivity index (χ1n) is 15.8. The maximum absolute atomic E-state index is 4.39. The van der Waals surface area contributed by atoms with E-state index < -0.39 is 0 Å². The molecule has 0 N–H and O–H groups in total. The smallest absolute Gasteiger partial charge is 0.0663 e. The van der Waals surface area contributed by atoms with Gasteiger partial charge < -0.3 is 13.7 Å². The average Bonchev–Trinajstić information content (AvgIpc) is 3.75. The molecule has 0 radical (unpaired) electrons. The number of nitrogens with zero attached hydrogens (tertiary/aromatic N) is 3. The fourth-order valence-corrected chi connectivity index (χ4v) is 7.59. The Labute approximate surface area is 267 Å². The maximum atomic E-state index is 4.39. The Kier molecular flexibility index (Phi) is 5.87. The molecule has 0 spiro atoms. The van der Waals surface area contributed by atoms with Crippen LogP contribution >= 0.6 is 0 Å². The molecular formula is C43H31N3. The van der Waals surface area contributed by atoms with E-state index in [0.717, 1.165) is 22.8 Å². The summed E-state index contributed by atoms with van der Waals surface area (Å²) in [5, 5.41) is 6.15. The van der Waals surface area contributed by atoms with Gasteiger partial charge in [-0.2, -0.15) is 0 Å². The number of aromatic nitrogens is 3. The number of fused-ring (bicyclic) bond motifs is 10. The van der Waals surface area contributed by atoms with Gasteiger partial charge in [0.05, 0.1) is 33.3 Å². The van der Waals surface area contributed by atoms with E-state index in [1.54, 1.807) is 0 Å². The largest absolute Gasteiger partial charge is 0.308 e. The molecule has 3 heteroatoms. The minimum atomic E-state index is 1.08. The summed E-state index contributed by atoms with van der Waals surface area (Å²) in [5.41, 5.74) is 11.6. The van der Waals surface area contributed by atoms with Crippen LogP contribution in [-0.4, -0.2) is 13.7 Å². The Morgan fingerprint density at radius 2 is 0.848 bits per heavy atom. The van der Waals surface area contributed by atoms with Crippen LogP contribution in [0.1, 0.15) is 18.2 Å². The molecule has 0 fully saturated rings. The molecule has 0 aliphatic rings. The van der Waals surface area contributed by atoms with Crippen LogP contribution in [0.25, 0.3) is 83.7 Å². The Hall–Kier alpha value is -6.06. The summed E-state index contributed by atoms with van der Waals surface area (Å²) in [4.78, 5) is 0. The molecule has 6 aromatic carbocycles. The Bertz CT molecular complexity index is 2630. The van der Waals surface area contributed by atoms with Crippen molar-refractivity contribution in [3.05, 3.63) is 163 Å². The summed E-state index contributed by atoms with van der Waals surface area (Å²) >= 11 is 0. The topological polar surface area (TPSA) is 14.8 Å². The van der Waals surface area contributed by atoms with Crippen LogP contribution in [0.15, 0.2) is 152 Å². The molecule has 0 atom stereocenters. The Morgan fingerprint density at radius 1 is 0.457 bits per heavy atom. The molecule has 3 heterocycles. The maximum Gasteiger partial charge on any atom is 0.0663 e. The van der Waals surface area contributed by atoms with Crippen molar-refractivity contribution in [1.82, 2.24) is 13.7 Å². The molecule has 0 saturated heterocycles. The van der Waals surface area contributed by atoms with Crippen molar-refractivity contribution in [3.8, 4) is 17.1 Å². The van der Waals surface area contributed by atoms with Crippen LogP contribution in [0, 0.1) is 0 Å². The van der Waals surface area contributed by atoms with Gasteiger partial charge in [-0.15, -0.1) is 0 Å². The van der Waals surface area contributed by atoms with Crippen LogP contribution in [0.3, 0.4) is 0 Å². The number of benzene rings is 6. The second kappa shape index (κ2) is 10.3. The quantitative estimate of drug-likeness (QED) is 0.190. The van der Waals surface area contributed by atoms with Gasteiger partial charge >= 0.3 is 0 Å². The van der Waals surface area contributed by atoms with E-state index in [9.17, 15) is 0 Å². The summed E-state index contributed by atoms with van der Waals surface area (Å²) in [6.45, 7) is 6.49. The summed E-state index contributed by atoms with van der Waals surface area (Å²) in [5.74, 6) is 0. The highest BCUT2D eigenvalue weighted by atomic mass is 15.0. The lowest BCUT2D eigenvalue weighted by Gasteiger charge is -2.13. The third-order valence-corrected chi connectivity index (χ3v) is 9.28. The van der Waals surface area contributed by atoms with E-state index in [1.165, 1.54) is 60.1 Å². The second-order valence-electron chi connectivity index (χ2n) is 11.7. The molecular weight excluding hydrogens is 558 g/mol. The van der Waals surface area contributed by atoms with E-state index >= 15 is 0 Å². The Morgan fingerprint density at radius 3 is 1.30 bits per heavy atom. The molecule has 0 aliphatic heterocycles. The van der Waals surface area contributed by atoms with Crippen molar-refractivity contribution in [3.63, 3.8) is 0 Å². The lowest BCUT2D eigenvalue weighted by molar-refractivity contribution is 1.11. The Balaban J connectivity index is 1.72. The van der Waals surface area contributed by atoms with Gasteiger partial charge in [0.15, 0.2) is 0 Å². The molecule has 0 saturated carbocycles. The lowest BCUT2D eigenvalue weighted by Crippen LogP contribution is -1.98. The zero-order valence-electron chi connectivity index (χ0n) is 25.6. The highest BCUT2D eigenvalue weighted by Gasteiger charge is 2.29. The summed E-state index contributed by atoms with van der Waals surface area (Å²) in [6, 6.07) is 50.0. The van der Waals surface area contributed by atoms with Crippen molar-refractivity contribution in [2.45, 2.75) is 6.92 Å². The van der Waals surface area contributed by atoms with Gasteiger partial charge in [-0.05, 0) is 61.5 Å². The standard InChI is InChI=1S/C43H31N3/c1-3-18-32-35(4-2)44(29-19-8-5-9-20-29)41-38(32)42-40(34-26-15-17-28-37(34)45(42)30-21-10-6-11-22-30)43-39(41)33-25-14-16-27-36(33)46(43)31-23-12-7-13-24-31/h3-28H,2H2,1H3/b18-3-. The highest BCUT2D eigenvalue weighted by Crippen LogP contribution is 2.49. The first kappa shape index (κ1) is 26.4. The predicted molar refractivity (Wildman–Crippen MR) is 197 cm³/mol. The molecule has 0 aliphatic carbocycles. The number of rotatable bonds is 5. The third kappa shape index (κ3) is 3.54. The van der Waals surface area contributed by atoms with Crippen LogP contribution < -0.4 is 0 Å². The van der Waals surface area contributed by atoms with Gasteiger partial charge in [0.1, 0.15) is 0 Å². The molecule has 3 nitrogen and oxygen atoms in total. The van der Waals surface area contributed by atoms with Crippen molar-refractivity contribution in [1.29, 1.82) is 0 Å². The van der Waals surface area contributed by atoms with Gasteiger partial charge in [0.2, 0.25) is 0 Å². The average molecular weight is 590 g/mol.